The van der Waals surface area contributed by atoms with Crippen LogP contribution in [0, 0.1) is 0 Å². The zero-order chi connectivity index (χ0) is 20.1. The Hall–Kier alpha value is -1.06. The fraction of sp³-hybridized carbons (Fsp3) is 0.682. The van der Waals surface area contributed by atoms with Gasteiger partial charge in [-0.05, 0) is 37.0 Å². The standard InChI is InChI=1S/C22H37N3O3.HI/c1-23-21(24-14-7-15-28-17-16-26-2)25-18-22(12-5-4-6-13-22)19-8-10-20(27-3)11-9-19;/h8-11H,4-7,12-18H2,1-3H3,(H2,23,24,25);1H. The van der Waals surface area contributed by atoms with Crippen molar-refractivity contribution >= 4 is 29.9 Å². The number of nitrogens with one attached hydrogen (secondary N) is 2. The van der Waals surface area contributed by atoms with E-state index in [2.05, 4.69) is 39.9 Å². The molecule has 0 aliphatic heterocycles. The molecule has 1 aliphatic carbocycles. The Morgan fingerprint density at radius 3 is 2.34 bits per heavy atom. The maximum absolute atomic E-state index is 5.50. The summed E-state index contributed by atoms with van der Waals surface area (Å²) in [5, 5.41) is 6.96. The van der Waals surface area contributed by atoms with Gasteiger partial charge in [0.25, 0.3) is 0 Å². The lowest BCUT2D eigenvalue weighted by molar-refractivity contribution is 0.0698. The summed E-state index contributed by atoms with van der Waals surface area (Å²) >= 11 is 0. The maximum atomic E-state index is 5.50. The summed E-state index contributed by atoms with van der Waals surface area (Å²) in [7, 11) is 5.22. The molecule has 0 aromatic heterocycles. The van der Waals surface area contributed by atoms with E-state index in [1.54, 1.807) is 14.2 Å². The van der Waals surface area contributed by atoms with Crippen molar-refractivity contribution in [2.24, 2.45) is 4.99 Å². The molecule has 2 N–H and O–H groups in total. The van der Waals surface area contributed by atoms with Gasteiger partial charge >= 0.3 is 0 Å². The first kappa shape index (κ1) is 26.0. The quantitative estimate of drug-likeness (QED) is 0.202. The largest absolute Gasteiger partial charge is 0.497 e. The van der Waals surface area contributed by atoms with Crippen molar-refractivity contribution < 1.29 is 14.2 Å². The van der Waals surface area contributed by atoms with E-state index in [1.807, 2.05) is 7.05 Å². The van der Waals surface area contributed by atoms with Gasteiger partial charge in [0, 0.05) is 39.3 Å². The van der Waals surface area contributed by atoms with Crippen molar-refractivity contribution in [3.8, 4) is 5.75 Å². The van der Waals surface area contributed by atoms with Crippen LogP contribution in [-0.4, -0.2) is 60.1 Å². The van der Waals surface area contributed by atoms with Gasteiger partial charge in [0.2, 0.25) is 0 Å². The molecule has 0 bridgehead atoms. The molecule has 0 saturated heterocycles. The van der Waals surface area contributed by atoms with Crippen LogP contribution in [-0.2, 0) is 14.9 Å². The third-order valence-corrected chi connectivity index (χ3v) is 5.52. The van der Waals surface area contributed by atoms with Crippen molar-refractivity contribution in [1.29, 1.82) is 0 Å². The fourth-order valence-electron chi connectivity index (χ4n) is 3.84. The Morgan fingerprint density at radius 2 is 1.72 bits per heavy atom. The summed E-state index contributed by atoms with van der Waals surface area (Å²) in [6.45, 7) is 3.74. The zero-order valence-corrected chi connectivity index (χ0v) is 20.5. The smallest absolute Gasteiger partial charge is 0.191 e. The van der Waals surface area contributed by atoms with Crippen LogP contribution < -0.4 is 15.4 Å². The molecule has 29 heavy (non-hydrogen) atoms. The molecule has 0 atom stereocenters. The Labute approximate surface area is 193 Å². The summed E-state index contributed by atoms with van der Waals surface area (Å²) in [4.78, 5) is 4.39. The van der Waals surface area contributed by atoms with Crippen LogP contribution in [0.1, 0.15) is 44.1 Å². The highest BCUT2D eigenvalue weighted by Gasteiger charge is 2.34. The Balaban J connectivity index is 0.00000420. The first-order valence-corrected chi connectivity index (χ1v) is 10.4. The first-order valence-electron chi connectivity index (χ1n) is 10.4. The second-order valence-electron chi connectivity index (χ2n) is 7.38. The first-order chi connectivity index (χ1) is 13.7. The van der Waals surface area contributed by atoms with Crippen LogP contribution >= 0.6 is 24.0 Å². The molecule has 1 fully saturated rings. The van der Waals surface area contributed by atoms with E-state index < -0.39 is 0 Å². The predicted molar refractivity (Wildman–Crippen MR) is 130 cm³/mol. The number of hydrogen-bond acceptors (Lipinski definition) is 4. The summed E-state index contributed by atoms with van der Waals surface area (Å²) in [5.74, 6) is 1.77. The summed E-state index contributed by atoms with van der Waals surface area (Å²) in [6.07, 6.45) is 7.23. The van der Waals surface area contributed by atoms with E-state index in [-0.39, 0.29) is 29.4 Å². The molecule has 166 valence electrons. The molecule has 0 unspecified atom stereocenters. The molecular formula is C22H38IN3O3. The molecule has 0 amide bonds. The van der Waals surface area contributed by atoms with Crippen LogP contribution in [0.15, 0.2) is 29.3 Å². The van der Waals surface area contributed by atoms with Crippen molar-refractivity contribution in [3.05, 3.63) is 29.8 Å². The van der Waals surface area contributed by atoms with E-state index in [9.17, 15) is 0 Å². The van der Waals surface area contributed by atoms with Crippen molar-refractivity contribution in [2.75, 3.05) is 54.2 Å². The van der Waals surface area contributed by atoms with Crippen LogP contribution in [0.4, 0.5) is 0 Å². The van der Waals surface area contributed by atoms with Crippen LogP contribution in [0.3, 0.4) is 0 Å². The van der Waals surface area contributed by atoms with E-state index in [0.717, 1.165) is 37.8 Å². The van der Waals surface area contributed by atoms with Gasteiger partial charge in [-0.15, -0.1) is 24.0 Å². The third kappa shape index (κ3) is 8.68. The van der Waals surface area contributed by atoms with Gasteiger partial charge in [0.15, 0.2) is 5.96 Å². The van der Waals surface area contributed by atoms with Crippen molar-refractivity contribution in [3.63, 3.8) is 0 Å². The van der Waals surface area contributed by atoms with E-state index in [4.69, 9.17) is 14.2 Å². The van der Waals surface area contributed by atoms with E-state index >= 15 is 0 Å². The SMILES string of the molecule is CN=C(NCCCOCCOC)NCC1(c2ccc(OC)cc2)CCCCC1.I. The molecule has 1 aromatic rings. The predicted octanol–water partition coefficient (Wildman–Crippen LogP) is 3.73. The number of rotatable bonds is 11. The monoisotopic (exact) mass is 519 g/mol. The Kier molecular flexibility index (Phi) is 13.3. The normalized spacial score (nSPS) is 16.0. The van der Waals surface area contributed by atoms with Gasteiger partial charge in [0.05, 0.1) is 20.3 Å². The second-order valence-corrected chi connectivity index (χ2v) is 7.38. The minimum Gasteiger partial charge on any atom is -0.497 e. The van der Waals surface area contributed by atoms with Crippen LogP contribution in [0.2, 0.25) is 0 Å². The van der Waals surface area contributed by atoms with Crippen LogP contribution in [0.5, 0.6) is 5.75 Å². The lowest BCUT2D eigenvalue weighted by atomic mass is 9.69. The minimum absolute atomic E-state index is 0. The molecule has 1 aliphatic rings. The number of halogens is 1. The number of guanidine groups is 1. The summed E-state index contributed by atoms with van der Waals surface area (Å²) < 4.78 is 15.8. The van der Waals surface area contributed by atoms with Crippen molar-refractivity contribution in [1.82, 2.24) is 10.6 Å². The van der Waals surface area contributed by atoms with Crippen LogP contribution in [0.25, 0.3) is 0 Å². The second kappa shape index (κ2) is 14.8. The molecule has 0 radical (unpaired) electrons. The maximum Gasteiger partial charge on any atom is 0.191 e. The number of nitrogens with zero attached hydrogens (tertiary/aromatic N) is 1. The van der Waals surface area contributed by atoms with Gasteiger partial charge in [0.1, 0.15) is 5.75 Å². The highest BCUT2D eigenvalue weighted by atomic mass is 127. The molecule has 1 aromatic carbocycles. The summed E-state index contributed by atoms with van der Waals surface area (Å²) in [6, 6.07) is 8.59. The van der Waals surface area contributed by atoms with Gasteiger partial charge in [-0.2, -0.15) is 0 Å². The fourth-order valence-corrected chi connectivity index (χ4v) is 3.84. The topological polar surface area (TPSA) is 64.1 Å². The third-order valence-electron chi connectivity index (χ3n) is 5.52. The van der Waals surface area contributed by atoms with Crippen molar-refractivity contribution in [2.45, 2.75) is 43.9 Å². The number of methoxy groups -OCH3 is 2. The van der Waals surface area contributed by atoms with Gasteiger partial charge < -0.3 is 24.8 Å². The van der Waals surface area contributed by atoms with Gasteiger partial charge in [-0.3, -0.25) is 4.99 Å². The Morgan fingerprint density at radius 1 is 1.00 bits per heavy atom. The number of aliphatic imine (C=N–C) groups is 1. The highest BCUT2D eigenvalue weighted by Crippen LogP contribution is 2.39. The van der Waals surface area contributed by atoms with Gasteiger partial charge in [-0.1, -0.05) is 31.4 Å². The summed E-state index contributed by atoms with van der Waals surface area (Å²) in [5.41, 5.74) is 1.55. The molecule has 1 saturated carbocycles. The zero-order valence-electron chi connectivity index (χ0n) is 18.2. The number of ether oxygens (including phenoxy) is 3. The number of hydrogen-bond donors (Lipinski definition) is 2. The minimum atomic E-state index is 0. The average Bonchev–Trinajstić information content (AvgIpc) is 2.76. The lowest BCUT2D eigenvalue weighted by Gasteiger charge is -2.38. The molecule has 7 heteroatoms. The average molecular weight is 519 g/mol. The molecule has 0 heterocycles. The molecule has 2 rings (SSSR count). The molecule has 6 nitrogen and oxygen atoms in total. The highest BCUT2D eigenvalue weighted by molar-refractivity contribution is 14.0. The number of benzene rings is 1. The molecular weight excluding hydrogens is 481 g/mol. The lowest BCUT2D eigenvalue weighted by Crippen LogP contribution is -2.46. The van der Waals surface area contributed by atoms with E-state index in [1.165, 1.54) is 37.7 Å². The molecule has 0 spiro atoms. The van der Waals surface area contributed by atoms with E-state index in [0.29, 0.717) is 13.2 Å². The Bertz CT molecular complexity index is 575. The van der Waals surface area contributed by atoms with Gasteiger partial charge in [-0.25, -0.2) is 0 Å².